The maximum atomic E-state index is 10.7. The molecular formula is C7H10O4. The van der Waals surface area contributed by atoms with E-state index in [0.29, 0.717) is 6.42 Å². The SMILES string of the molecule is CCC(=O)O[C@@H]1COC(=O)C1. The Morgan fingerprint density at radius 1 is 1.82 bits per heavy atom. The molecule has 1 aliphatic rings. The Balaban J connectivity index is 2.28. The summed E-state index contributed by atoms with van der Waals surface area (Å²) in [7, 11) is 0. The molecule has 0 N–H and O–H groups in total. The van der Waals surface area contributed by atoms with Crippen LogP contribution in [0.4, 0.5) is 0 Å². The van der Waals surface area contributed by atoms with Crippen molar-refractivity contribution in [3.63, 3.8) is 0 Å². The molecule has 0 aromatic rings. The Morgan fingerprint density at radius 2 is 2.55 bits per heavy atom. The Morgan fingerprint density at radius 3 is 3.00 bits per heavy atom. The minimum Gasteiger partial charge on any atom is -0.462 e. The van der Waals surface area contributed by atoms with Crippen molar-refractivity contribution in [3.8, 4) is 0 Å². The van der Waals surface area contributed by atoms with Crippen molar-refractivity contribution in [2.75, 3.05) is 6.61 Å². The van der Waals surface area contributed by atoms with Crippen LogP contribution >= 0.6 is 0 Å². The lowest BCUT2D eigenvalue weighted by Gasteiger charge is -2.06. The number of rotatable bonds is 2. The first-order valence-corrected chi connectivity index (χ1v) is 3.57. The standard InChI is InChI=1S/C7H10O4/c1-2-6(8)11-5-3-7(9)10-4-5/h5H,2-4H2,1H3/t5-/m0/s1. The van der Waals surface area contributed by atoms with Crippen molar-refractivity contribution in [2.45, 2.75) is 25.9 Å². The summed E-state index contributed by atoms with van der Waals surface area (Å²) < 4.78 is 9.44. The third-order valence-corrected chi connectivity index (χ3v) is 1.41. The molecule has 4 nitrogen and oxygen atoms in total. The minimum absolute atomic E-state index is 0.200. The van der Waals surface area contributed by atoms with Gasteiger partial charge in [-0.05, 0) is 0 Å². The lowest BCUT2D eigenvalue weighted by Crippen LogP contribution is -2.17. The molecule has 0 saturated carbocycles. The molecule has 0 unspecified atom stereocenters. The molecule has 0 aromatic heterocycles. The molecule has 11 heavy (non-hydrogen) atoms. The molecule has 1 saturated heterocycles. The van der Waals surface area contributed by atoms with Crippen molar-refractivity contribution < 1.29 is 19.1 Å². The first-order chi connectivity index (χ1) is 5.22. The summed E-state index contributed by atoms with van der Waals surface area (Å²) in [5.74, 6) is -0.577. The zero-order valence-electron chi connectivity index (χ0n) is 6.33. The van der Waals surface area contributed by atoms with Gasteiger partial charge in [0, 0.05) is 6.42 Å². The summed E-state index contributed by atoms with van der Waals surface area (Å²) >= 11 is 0. The van der Waals surface area contributed by atoms with Crippen LogP contribution in [0.2, 0.25) is 0 Å². The highest BCUT2D eigenvalue weighted by Gasteiger charge is 2.26. The van der Waals surface area contributed by atoms with E-state index in [-0.39, 0.29) is 31.1 Å². The molecule has 0 aliphatic carbocycles. The summed E-state index contributed by atoms with van der Waals surface area (Å²) in [6, 6.07) is 0. The minimum atomic E-state index is -0.352. The van der Waals surface area contributed by atoms with Gasteiger partial charge in [0.25, 0.3) is 0 Å². The van der Waals surface area contributed by atoms with Gasteiger partial charge in [-0.3, -0.25) is 9.59 Å². The quantitative estimate of drug-likeness (QED) is 0.541. The summed E-state index contributed by atoms with van der Waals surface area (Å²) in [6.45, 7) is 1.92. The van der Waals surface area contributed by atoms with E-state index in [1.54, 1.807) is 6.92 Å². The van der Waals surface area contributed by atoms with Gasteiger partial charge >= 0.3 is 11.9 Å². The first kappa shape index (κ1) is 8.04. The molecular weight excluding hydrogens is 148 g/mol. The first-order valence-electron chi connectivity index (χ1n) is 3.57. The van der Waals surface area contributed by atoms with Gasteiger partial charge in [0.15, 0.2) is 0 Å². The van der Waals surface area contributed by atoms with E-state index >= 15 is 0 Å². The van der Waals surface area contributed by atoms with Crippen LogP contribution in [-0.4, -0.2) is 24.6 Å². The summed E-state index contributed by atoms with van der Waals surface area (Å²) in [5.41, 5.74) is 0. The van der Waals surface area contributed by atoms with Crippen LogP contribution in [-0.2, 0) is 19.1 Å². The van der Waals surface area contributed by atoms with Gasteiger partial charge in [0.1, 0.15) is 12.7 Å². The highest BCUT2D eigenvalue weighted by molar-refractivity contribution is 5.74. The smallest absolute Gasteiger partial charge is 0.309 e. The maximum absolute atomic E-state index is 10.7. The number of ether oxygens (including phenoxy) is 2. The normalized spacial score (nSPS) is 23.0. The summed E-state index contributed by atoms with van der Waals surface area (Å²) in [6.07, 6.45) is 0.186. The van der Waals surface area contributed by atoms with Gasteiger partial charge < -0.3 is 9.47 Å². The molecule has 1 aliphatic heterocycles. The third kappa shape index (κ3) is 2.22. The molecule has 0 aromatic carbocycles. The number of esters is 2. The second-order valence-electron chi connectivity index (χ2n) is 2.35. The fourth-order valence-corrected chi connectivity index (χ4v) is 0.835. The number of hydrogen-bond donors (Lipinski definition) is 0. The molecule has 0 amide bonds. The molecule has 0 spiro atoms. The van der Waals surface area contributed by atoms with Crippen molar-refractivity contribution in [2.24, 2.45) is 0 Å². The summed E-state index contributed by atoms with van der Waals surface area (Å²) in [5, 5.41) is 0. The topological polar surface area (TPSA) is 52.6 Å². The Bertz CT molecular complexity index is 175. The van der Waals surface area contributed by atoms with Gasteiger partial charge in [-0.2, -0.15) is 0 Å². The highest BCUT2D eigenvalue weighted by atomic mass is 16.6. The van der Waals surface area contributed by atoms with Crippen molar-refractivity contribution in [1.29, 1.82) is 0 Å². The summed E-state index contributed by atoms with van der Waals surface area (Å²) in [4.78, 5) is 21.2. The monoisotopic (exact) mass is 158 g/mol. The molecule has 62 valence electrons. The van der Waals surface area contributed by atoms with Crippen LogP contribution in [0.25, 0.3) is 0 Å². The Kier molecular flexibility index (Phi) is 2.46. The van der Waals surface area contributed by atoms with E-state index in [2.05, 4.69) is 4.74 Å². The van der Waals surface area contributed by atoms with E-state index in [1.165, 1.54) is 0 Å². The molecule has 1 atom stereocenters. The van der Waals surface area contributed by atoms with E-state index in [1.807, 2.05) is 0 Å². The largest absolute Gasteiger partial charge is 0.462 e. The third-order valence-electron chi connectivity index (χ3n) is 1.41. The van der Waals surface area contributed by atoms with Crippen LogP contribution in [0.3, 0.4) is 0 Å². The van der Waals surface area contributed by atoms with Gasteiger partial charge in [-0.1, -0.05) is 6.92 Å². The van der Waals surface area contributed by atoms with Crippen molar-refractivity contribution >= 4 is 11.9 Å². The van der Waals surface area contributed by atoms with E-state index < -0.39 is 0 Å². The van der Waals surface area contributed by atoms with E-state index in [4.69, 9.17) is 4.74 Å². The second-order valence-corrected chi connectivity index (χ2v) is 2.35. The maximum Gasteiger partial charge on any atom is 0.309 e. The van der Waals surface area contributed by atoms with Crippen LogP contribution in [0.5, 0.6) is 0 Å². The van der Waals surface area contributed by atoms with Gasteiger partial charge in [0.2, 0.25) is 0 Å². The number of cyclic esters (lactones) is 1. The molecule has 4 heteroatoms. The average molecular weight is 158 g/mol. The van der Waals surface area contributed by atoms with Gasteiger partial charge in [0.05, 0.1) is 6.42 Å². The molecule has 0 bridgehead atoms. The predicted octanol–water partition coefficient (Wildman–Crippen LogP) is 0.255. The van der Waals surface area contributed by atoms with E-state index in [0.717, 1.165) is 0 Å². The second kappa shape index (κ2) is 3.37. The van der Waals surface area contributed by atoms with Gasteiger partial charge in [-0.15, -0.1) is 0 Å². The zero-order valence-corrected chi connectivity index (χ0v) is 6.33. The number of carbonyl (C=O) groups excluding carboxylic acids is 2. The highest BCUT2D eigenvalue weighted by Crippen LogP contribution is 2.10. The van der Waals surface area contributed by atoms with Crippen molar-refractivity contribution in [1.82, 2.24) is 0 Å². The Hall–Kier alpha value is -1.06. The van der Waals surface area contributed by atoms with Crippen LogP contribution in [0, 0.1) is 0 Å². The van der Waals surface area contributed by atoms with Crippen molar-refractivity contribution in [3.05, 3.63) is 0 Å². The van der Waals surface area contributed by atoms with E-state index in [9.17, 15) is 9.59 Å². The average Bonchev–Trinajstić information content (AvgIpc) is 2.35. The fraction of sp³-hybridized carbons (Fsp3) is 0.714. The number of carbonyl (C=O) groups is 2. The zero-order chi connectivity index (χ0) is 8.27. The lowest BCUT2D eigenvalue weighted by atomic mass is 10.3. The van der Waals surface area contributed by atoms with Crippen LogP contribution < -0.4 is 0 Å². The fourth-order valence-electron chi connectivity index (χ4n) is 0.835. The molecule has 1 fully saturated rings. The lowest BCUT2D eigenvalue weighted by molar-refractivity contribution is -0.148. The molecule has 1 rings (SSSR count). The predicted molar refractivity (Wildman–Crippen MR) is 35.7 cm³/mol. The van der Waals surface area contributed by atoms with Crippen LogP contribution in [0.1, 0.15) is 19.8 Å². The molecule has 1 heterocycles. The molecule has 0 radical (unpaired) electrons. The number of hydrogen-bond acceptors (Lipinski definition) is 4. The Labute approximate surface area is 64.5 Å². The van der Waals surface area contributed by atoms with Gasteiger partial charge in [-0.25, -0.2) is 0 Å². The van der Waals surface area contributed by atoms with Crippen LogP contribution in [0.15, 0.2) is 0 Å².